The standard InChI is InChI=1S/C14H20O3/c1-16-12-8-4-3-7-11(12)14(15)10-6-5-9-13(14)17-2/h3-4,7-8,13,15H,5-6,9-10H2,1-2H3. The molecule has 3 heteroatoms. The fourth-order valence-corrected chi connectivity index (χ4v) is 2.75. The highest BCUT2D eigenvalue weighted by atomic mass is 16.5. The second-order valence-corrected chi connectivity index (χ2v) is 4.59. The molecule has 0 heterocycles. The Labute approximate surface area is 102 Å². The zero-order chi connectivity index (χ0) is 12.3. The average molecular weight is 236 g/mol. The number of hydrogen-bond donors (Lipinski definition) is 1. The number of aliphatic hydroxyl groups is 1. The molecule has 1 aromatic rings. The van der Waals surface area contributed by atoms with Gasteiger partial charge in [0.15, 0.2) is 0 Å². The lowest BCUT2D eigenvalue weighted by Gasteiger charge is -2.39. The van der Waals surface area contributed by atoms with Crippen LogP contribution >= 0.6 is 0 Å². The zero-order valence-corrected chi connectivity index (χ0v) is 10.5. The molecule has 1 N–H and O–H groups in total. The zero-order valence-electron chi connectivity index (χ0n) is 10.5. The fraction of sp³-hybridized carbons (Fsp3) is 0.571. The number of benzene rings is 1. The molecule has 2 atom stereocenters. The van der Waals surface area contributed by atoms with E-state index < -0.39 is 5.60 Å². The van der Waals surface area contributed by atoms with E-state index in [1.54, 1.807) is 14.2 Å². The van der Waals surface area contributed by atoms with Gasteiger partial charge >= 0.3 is 0 Å². The first-order chi connectivity index (χ1) is 8.22. The molecule has 1 aromatic carbocycles. The second kappa shape index (κ2) is 5.07. The van der Waals surface area contributed by atoms with Gasteiger partial charge in [0.2, 0.25) is 0 Å². The van der Waals surface area contributed by atoms with Crippen LogP contribution in [0.5, 0.6) is 5.75 Å². The Morgan fingerprint density at radius 2 is 2.00 bits per heavy atom. The van der Waals surface area contributed by atoms with Gasteiger partial charge in [-0.1, -0.05) is 31.0 Å². The van der Waals surface area contributed by atoms with Gasteiger partial charge in [-0.2, -0.15) is 0 Å². The van der Waals surface area contributed by atoms with Crippen LogP contribution in [-0.2, 0) is 10.3 Å². The largest absolute Gasteiger partial charge is 0.496 e. The van der Waals surface area contributed by atoms with Crippen molar-refractivity contribution in [2.45, 2.75) is 37.4 Å². The molecule has 0 aromatic heterocycles. The molecule has 17 heavy (non-hydrogen) atoms. The van der Waals surface area contributed by atoms with Crippen molar-refractivity contribution in [1.82, 2.24) is 0 Å². The summed E-state index contributed by atoms with van der Waals surface area (Å²) in [7, 11) is 3.29. The lowest BCUT2D eigenvalue weighted by Crippen LogP contribution is -2.43. The molecule has 94 valence electrons. The van der Waals surface area contributed by atoms with Crippen molar-refractivity contribution in [1.29, 1.82) is 0 Å². The number of ether oxygens (including phenoxy) is 2. The molecule has 1 aliphatic rings. The molecule has 0 amide bonds. The van der Waals surface area contributed by atoms with Crippen molar-refractivity contribution in [3.63, 3.8) is 0 Å². The summed E-state index contributed by atoms with van der Waals surface area (Å²) in [6.45, 7) is 0. The van der Waals surface area contributed by atoms with Crippen molar-refractivity contribution >= 4 is 0 Å². The lowest BCUT2D eigenvalue weighted by molar-refractivity contribution is -0.123. The Morgan fingerprint density at radius 3 is 2.71 bits per heavy atom. The highest BCUT2D eigenvalue weighted by Gasteiger charge is 2.42. The van der Waals surface area contributed by atoms with Crippen molar-refractivity contribution in [3.05, 3.63) is 29.8 Å². The summed E-state index contributed by atoms with van der Waals surface area (Å²) < 4.78 is 10.8. The van der Waals surface area contributed by atoms with Crippen LogP contribution in [0.15, 0.2) is 24.3 Å². The Morgan fingerprint density at radius 1 is 1.24 bits per heavy atom. The molecule has 3 nitrogen and oxygen atoms in total. The molecule has 0 spiro atoms. The molecule has 1 aliphatic carbocycles. The van der Waals surface area contributed by atoms with E-state index in [1.165, 1.54) is 0 Å². The summed E-state index contributed by atoms with van der Waals surface area (Å²) in [5.74, 6) is 0.735. The van der Waals surface area contributed by atoms with Crippen molar-refractivity contribution in [3.8, 4) is 5.75 Å². The van der Waals surface area contributed by atoms with E-state index in [-0.39, 0.29) is 6.10 Å². The van der Waals surface area contributed by atoms with Crippen molar-refractivity contribution < 1.29 is 14.6 Å². The molecule has 0 aliphatic heterocycles. The first kappa shape index (κ1) is 12.4. The quantitative estimate of drug-likeness (QED) is 0.876. The number of para-hydroxylation sites is 1. The Kier molecular flexibility index (Phi) is 3.69. The van der Waals surface area contributed by atoms with E-state index in [9.17, 15) is 5.11 Å². The first-order valence-electron chi connectivity index (χ1n) is 6.11. The van der Waals surface area contributed by atoms with Gasteiger partial charge in [-0.25, -0.2) is 0 Å². The number of hydrogen-bond acceptors (Lipinski definition) is 3. The van der Waals surface area contributed by atoms with Crippen molar-refractivity contribution in [2.24, 2.45) is 0 Å². The van der Waals surface area contributed by atoms with Gasteiger partial charge in [0.25, 0.3) is 0 Å². The summed E-state index contributed by atoms with van der Waals surface area (Å²) in [5.41, 5.74) is -0.0753. The summed E-state index contributed by atoms with van der Waals surface area (Å²) in [6.07, 6.45) is 3.61. The van der Waals surface area contributed by atoms with Gasteiger partial charge < -0.3 is 14.6 Å². The minimum Gasteiger partial charge on any atom is -0.496 e. The van der Waals surface area contributed by atoms with Gasteiger partial charge in [-0.3, -0.25) is 0 Å². The van der Waals surface area contributed by atoms with Gasteiger partial charge in [0.1, 0.15) is 11.4 Å². The van der Waals surface area contributed by atoms with Crippen LogP contribution in [0.1, 0.15) is 31.2 Å². The van der Waals surface area contributed by atoms with E-state index in [1.807, 2.05) is 24.3 Å². The predicted octanol–water partition coefficient (Wildman–Crippen LogP) is 2.47. The smallest absolute Gasteiger partial charge is 0.125 e. The van der Waals surface area contributed by atoms with E-state index in [4.69, 9.17) is 9.47 Å². The molecule has 2 rings (SSSR count). The Balaban J connectivity index is 2.41. The van der Waals surface area contributed by atoms with Crippen LogP contribution in [0.2, 0.25) is 0 Å². The van der Waals surface area contributed by atoms with Crippen LogP contribution < -0.4 is 4.74 Å². The maximum absolute atomic E-state index is 10.9. The van der Waals surface area contributed by atoms with Crippen LogP contribution in [-0.4, -0.2) is 25.4 Å². The lowest BCUT2D eigenvalue weighted by atomic mass is 9.77. The molecule has 0 radical (unpaired) electrons. The monoisotopic (exact) mass is 236 g/mol. The highest BCUT2D eigenvalue weighted by Crippen LogP contribution is 2.42. The summed E-state index contributed by atoms with van der Waals surface area (Å²) in [5, 5.41) is 10.9. The van der Waals surface area contributed by atoms with Gasteiger partial charge in [-0.15, -0.1) is 0 Å². The second-order valence-electron chi connectivity index (χ2n) is 4.59. The molecule has 1 saturated carbocycles. The topological polar surface area (TPSA) is 38.7 Å². The van der Waals surface area contributed by atoms with E-state index in [2.05, 4.69) is 0 Å². The fourth-order valence-electron chi connectivity index (χ4n) is 2.75. The number of rotatable bonds is 3. The average Bonchev–Trinajstić information content (AvgIpc) is 2.39. The Bertz CT molecular complexity index is 377. The van der Waals surface area contributed by atoms with Crippen LogP contribution in [0, 0.1) is 0 Å². The summed E-state index contributed by atoms with van der Waals surface area (Å²) in [4.78, 5) is 0. The van der Waals surface area contributed by atoms with E-state index in [0.717, 1.165) is 37.0 Å². The summed E-state index contributed by atoms with van der Waals surface area (Å²) in [6, 6.07) is 7.65. The first-order valence-corrected chi connectivity index (χ1v) is 6.11. The Hall–Kier alpha value is -1.06. The third-order valence-electron chi connectivity index (χ3n) is 3.66. The molecular weight excluding hydrogens is 216 g/mol. The van der Waals surface area contributed by atoms with Gasteiger partial charge in [0.05, 0.1) is 13.2 Å². The van der Waals surface area contributed by atoms with Crippen LogP contribution in [0.3, 0.4) is 0 Å². The molecule has 0 saturated heterocycles. The molecular formula is C14H20O3. The predicted molar refractivity (Wildman–Crippen MR) is 66.2 cm³/mol. The van der Waals surface area contributed by atoms with Crippen molar-refractivity contribution in [2.75, 3.05) is 14.2 Å². The summed E-state index contributed by atoms with van der Waals surface area (Å²) >= 11 is 0. The van der Waals surface area contributed by atoms with E-state index in [0.29, 0.717) is 0 Å². The maximum atomic E-state index is 10.9. The highest BCUT2D eigenvalue weighted by molar-refractivity contribution is 5.39. The van der Waals surface area contributed by atoms with E-state index >= 15 is 0 Å². The molecule has 1 fully saturated rings. The minimum absolute atomic E-state index is 0.146. The minimum atomic E-state index is -0.917. The number of methoxy groups -OCH3 is 2. The molecule has 2 unspecified atom stereocenters. The van der Waals surface area contributed by atoms with Crippen LogP contribution in [0.4, 0.5) is 0 Å². The third kappa shape index (κ3) is 2.17. The molecule has 0 bridgehead atoms. The van der Waals surface area contributed by atoms with Gasteiger partial charge in [0, 0.05) is 12.7 Å². The normalized spacial score (nSPS) is 29.0. The van der Waals surface area contributed by atoms with Gasteiger partial charge in [-0.05, 0) is 18.9 Å². The SMILES string of the molecule is COc1ccccc1C1(O)CCCCC1OC. The van der Waals surface area contributed by atoms with Crippen LogP contribution in [0.25, 0.3) is 0 Å². The third-order valence-corrected chi connectivity index (χ3v) is 3.66. The maximum Gasteiger partial charge on any atom is 0.125 e.